The normalized spacial score (nSPS) is 27.4. The van der Waals surface area contributed by atoms with Crippen LogP contribution in [0.2, 0.25) is 0 Å². The van der Waals surface area contributed by atoms with Crippen LogP contribution in [0.1, 0.15) is 37.9 Å². The predicted octanol–water partition coefficient (Wildman–Crippen LogP) is 2.72. The second-order valence-electron chi connectivity index (χ2n) is 7.95. The van der Waals surface area contributed by atoms with E-state index in [-0.39, 0.29) is 18.1 Å². The minimum absolute atomic E-state index is 0.153. The molecular weight excluding hydrogens is 352 g/mol. The monoisotopic (exact) mass is 381 g/mol. The molecule has 1 unspecified atom stereocenters. The number of carbonyl (C=O) groups excluding carboxylic acids is 1. The molecule has 1 aromatic carbocycles. The van der Waals surface area contributed by atoms with Crippen molar-refractivity contribution in [2.75, 3.05) is 20.2 Å². The van der Waals surface area contributed by atoms with Gasteiger partial charge in [-0.25, -0.2) is 0 Å². The summed E-state index contributed by atoms with van der Waals surface area (Å²) in [5, 5.41) is 0.998. The lowest BCUT2D eigenvalue weighted by atomic mass is 9.73. The zero-order valence-corrected chi connectivity index (χ0v) is 16.7. The lowest BCUT2D eigenvalue weighted by Crippen LogP contribution is -3.20. The highest BCUT2D eigenvalue weighted by Gasteiger charge is 2.47. The average Bonchev–Trinajstić information content (AvgIpc) is 2.76. The molecular formula is C23H29N2O3+. The highest BCUT2D eigenvalue weighted by molar-refractivity contribution is 5.84. The van der Waals surface area contributed by atoms with Crippen molar-refractivity contribution in [1.82, 2.24) is 4.98 Å². The van der Waals surface area contributed by atoms with E-state index in [0.29, 0.717) is 18.3 Å². The largest absolute Gasteiger partial charge is 0.497 e. The number of hydrogen-bond donors (Lipinski definition) is 1. The van der Waals surface area contributed by atoms with Gasteiger partial charge in [-0.3, -0.25) is 9.78 Å². The van der Waals surface area contributed by atoms with Gasteiger partial charge in [-0.15, -0.1) is 6.58 Å². The molecule has 0 saturated carbocycles. The lowest BCUT2D eigenvalue weighted by molar-refractivity contribution is -0.949. The molecule has 3 fully saturated rings. The van der Waals surface area contributed by atoms with Crippen molar-refractivity contribution in [2.24, 2.45) is 11.8 Å². The van der Waals surface area contributed by atoms with Gasteiger partial charge in [0, 0.05) is 42.3 Å². The molecule has 0 spiro atoms. The van der Waals surface area contributed by atoms with Gasteiger partial charge in [0.25, 0.3) is 0 Å². The molecule has 1 aromatic heterocycles. The van der Waals surface area contributed by atoms with E-state index in [1.807, 2.05) is 37.4 Å². The zero-order chi connectivity index (χ0) is 19.7. The first-order valence-electron chi connectivity index (χ1n) is 10.2. The first-order chi connectivity index (χ1) is 13.6. The van der Waals surface area contributed by atoms with Crippen LogP contribution in [0.4, 0.5) is 0 Å². The fraction of sp³-hybridized carbons (Fsp3) is 0.478. The number of methoxy groups -OCH3 is 1. The summed E-state index contributed by atoms with van der Waals surface area (Å²) in [4.78, 5) is 18.4. The van der Waals surface area contributed by atoms with E-state index in [9.17, 15) is 4.79 Å². The van der Waals surface area contributed by atoms with E-state index in [1.165, 1.54) is 11.3 Å². The van der Waals surface area contributed by atoms with E-state index in [4.69, 9.17) is 9.47 Å². The standard InChI is InChI=1S/C23H28N2O3/c1-4-15-14-25-11-9-16(15)12-21(25)23(28-22(26)5-2)18-8-10-24-20-7-6-17(27-3)13-19(18)20/h4,6-8,10,13,15-16,21,23H,1,5,9,11-12,14H2,2-3H3/p+1/t15-,16+,21+,23+/m0/s1. The first-order valence-corrected chi connectivity index (χ1v) is 10.2. The molecule has 5 nitrogen and oxygen atoms in total. The molecule has 5 atom stereocenters. The van der Waals surface area contributed by atoms with Crippen LogP contribution in [0.15, 0.2) is 43.1 Å². The van der Waals surface area contributed by atoms with Gasteiger partial charge in [0.05, 0.1) is 25.7 Å². The maximum atomic E-state index is 12.3. The molecule has 28 heavy (non-hydrogen) atoms. The van der Waals surface area contributed by atoms with Gasteiger partial charge in [-0.1, -0.05) is 13.0 Å². The average molecular weight is 381 g/mol. The molecule has 4 heterocycles. The van der Waals surface area contributed by atoms with Gasteiger partial charge in [0.15, 0.2) is 6.10 Å². The molecule has 3 aliphatic heterocycles. The van der Waals surface area contributed by atoms with E-state index in [0.717, 1.165) is 41.7 Å². The number of piperidine rings is 3. The summed E-state index contributed by atoms with van der Waals surface area (Å²) in [5.74, 6) is 1.83. The minimum Gasteiger partial charge on any atom is -0.497 e. The van der Waals surface area contributed by atoms with Crippen LogP contribution >= 0.6 is 0 Å². The summed E-state index contributed by atoms with van der Waals surface area (Å²) in [7, 11) is 1.66. The second-order valence-corrected chi connectivity index (χ2v) is 7.95. The van der Waals surface area contributed by atoms with Crippen molar-refractivity contribution in [3.63, 3.8) is 0 Å². The Balaban J connectivity index is 1.76. The number of nitrogens with zero attached hydrogens (tertiary/aromatic N) is 1. The summed E-state index contributed by atoms with van der Waals surface area (Å²) in [6, 6.07) is 8.15. The van der Waals surface area contributed by atoms with Crippen LogP contribution in [-0.4, -0.2) is 37.2 Å². The quantitative estimate of drug-likeness (QED) is 0.618. The van der Waals surface area contributed by atoms with Crippen LogP contribution in [-0.2, 0) is 9.53 Å². The van der Waals surface area contributed by atoms with Crippen molar-refractivity contribution in [1.29, 1.82) is 0 Å². The number of carbonyl (C=O) groups is 1. The molecule has 3 saturated heterocycles. The topological polar surface area (TPSA) is 52.9 Å². The Morgan fingerprint density at radius 3 is 2.96 bits per heavy atom. The fourth-order valence-electron chi connectivity index (χ4n) is 5.00. The Morgan fingerprint density at radius 1 is 1.43 bits per heavy atom. The molecule has 5 heteroatoms. The van der Waals surface area contributed by atoms with Crippen LogP contribution in [0.5, 0.6) is 5.75 Å². The van der Waals surface area contributed by atoms with Crippen molar-refractivity contribution < 1.29 is 19.2 Å². The molecule has 148 valence electrons. The van der Waals surface area contributed by atoms with Crippen LogP contribution < -0.4 is 9.64 Å². The third kappa shape index (κ3) is 3.39. The number of fused-ring (bicyclic) bond motifs is 4. The number of esters is 1. The summed E-state index contributed by atoms with van der Waals surface area (Å²) < 4.78 is 11.5. The van der Waals surface area contributed by atoms with E-state index < -0.39 is 0 Å². The summed E-state index contributed by atoms with van der Waals surface area (Å²) in [6.45, 7) is 8.09. The van der Waals surface area contributed by atoms with Gasteiger partial charge in [-0.2, -0.15) is 0 Å². The summed E-state index contributed by atoms with van der Waals surface area (Å²) in [5.41, 5.74) is 1.93. The van der Waals surface area contributed by atoms with Gasteiger partial charge in [0.2, 0.25) is 0 Å². The highest BCUT2D eigenvalue weighted by Crippen LogP contribution is 2.36. The van der Waals surface area contributed by atoms with Gasteiger partial charge < -0.3 is 14.4 Å². The zero-order valence-electron chi connectivity index (χ0n) is 16.7. The third-order valence-electron chi connectivity index (χ3n) is 6.52. The fourth-order valence-corrected chi connectivity index (χ4v) is 5.00. The summed E-state index contributed by atoms with van der Waals surface area (Å²) in [6.07, 6.45) is 6.32. The van der Waals surface area contributed by atoms with E-state index >= 15 is 0 Å². The lowest BCUT2D eigenvalue weighted by Gasteiger charge is -2.48. The Hall–Kier alpha value is -2.40. The third-order valence-corrected chi connectivity index (χ3v) is 6.52. The van der Waals surface area contributed by atoms with Crippen LogP contribution in [0, 0.1) is 11.8 Å². The van der Waals surface area contributed by atoms with Crippen molar-refractivity contribution >= 4 is 16.9 Å². The number of quaternary nitrogens is 1. The molecule has 1 N–H and O–H groups in total. The van der Waals surface area contributed by atoms with E-state index in [2.05, 4.69) is 17.6 Å². The Bertz CT molecular complexity index is 881. The van der Waals surface area contributed by atoms with Crippen LogP contribution in [0.25, 0.3) is 10.9 Å². The molecule has 0 aliphatic carbocycles. The first kappa shape index (κ1) is 18.9. The Kier molecular flexibility index (Phi) is 5.36. The minimum atomic E-state index is -0.270. The molecule has 2 bridgehead atoms. The van der Waals surface area contributed by atoms with Gasteiger partial charge in [-0.05, 0) is 30.2 Å². The highest BCUT2D eigenvalue weighted by atomic mass is 16.5. The molecule has 0 radical (unpaired) electrons. The second kappa shape index (κ2) is 7.92. The Labute approximate surface area is 166 Å². The molecule has 0 amide bonds. The molecule has 2 aromatic rings. The number of benzene rings is 1. The number of pyridine rings is 1. The van der Waals surface area contributed by atoms with Crippen molar-refractivity contribution in [3.8, 4) is 5.75 Å². The number of ether oxygens (including phenoxy) is 2. The maximum absolute atomic E-state index is 12.3. The van der Waals surface area contributed by atoms with Crippen molar-refractivity contribution in [3.05, 3.63) is 48.7 Å². The van der Waals surface area contributed by atoms with Gasteiger partial charge >= 0.3 is 5.97 Å². The molecule has 3 aliphatic rings. The van der Waals surface area contributed by atoms with Gasteiger partial charge in [0.1, 0.15) is 11.8 Å². The maximum Gasteiger partial charge on any atom is 0.306 e. The van der Waals surface area contributed by atoms with Crippen LogP contribution in [0.3, 0.4) is 0 Å². The molecule has 5 rings (SSSR count). The number of hydrogen-bond acceptors (Lipinski definition) is 4. The number of nitrogens with one attached hydrogen (secondary N) is 1. The van der Waals surface area contributed by atoms with Crippen molar-refractivity contribution in [2.45, 2.75) is 38.3 Å². The number of rotatable bonds is 6. The predicted molar refractivity (Wildman–Crippen MR) is 108 cm³/mol. The Morgan fingerprint density at radius 2 is 2.29 bits per heavy atom. The van der Waals surface area contributed by atoms with E-state index in [1.54, 1.807) is 7.11 Å². The summed E-state index contributed by atoms with van der Waals surface area (Å²) >= 11 is 0. The number of aromatic nitrogens is 1. The smallest absolute Gasteiger partial charge is 0.306 e. The SMILES string of the molecule is C=C[C@H]1C[NH+]2CC[C@@H]1C[C@@H]2[C@H](OC(=O)CC)c1ccnc2ccc(OC)cc12.